The van der Waals surface area contributed by atoms with Gasteiger partial charge in [-0.25, -0.2) is 0 Å². The molecule has 0 rings (SSSR count). The lowest BCUT2D eigenvalue weighted by molar-refractivity contribution is -0.166. The third kappa shape index (κ3) is 58.8. The van der Waals surface area contributed by atoms with Crippen molar-refractivity contribution >= 4 is 17.9 Å². The van der Waals surface area contributed by atoms with Gasteiger partial charge in [-0.1, -0.05) is 252 Å². The monoisotopic (exact) mass is 1010 g/mol. The largest absolute Gasteiger partial charge is 0.462 e. The Labute approximate surface area is 450 Å². The predicted molar refractivity (Wildman–Crippen MR) is 316 cm³/mol. The molecule has 1 atom stereocenters. The Balaban J connectivity index is 4.51. The second-order valence-electron chi connectivity index (χ2n) is 19.9. The zero-order chi connectivity index (χ0) is 52.9. The van der Waals surface area contributed by atoms with E-state index in [1.807, 2.05) is 6.08 Å². The van der Waals surface area contributed by atoms with Crippen molar-refractivity contribution in [3.8, 4) is 0 Å². The molecule has 0 aromatic rings. The minimum Gasteiger partial charge on any atom is -0.462 e. The number of esters is 3. The van der Waals surface area contributed by atoms with Crippen LogP contribution in [0.25, 0.3) is 0 Å². The van der Waals surface area contributed by atoms with E-state index in [9.17, 15) is 14.4 Å². The smallest absolute Gasteiger partial charge is 0.306 e. The van der Waals surface area contributed by atoms with Crippen molar-refractivity contribution in [1.82, 2.24) is 0 Å². The summed E-state index contributed by atoms with van der Waals surface area (Å²) in [4.78, 5) is 38.2. The van der Waals surface area contributed by atoms with E-state index in [-0.39, 0.29) is 37.5 Å². The molecule has 0 fully saturated rings. The van der Waals surface area contributed by atoms with Gasteiger partial charge in [0.1, 0.15) is 13.2 Å². The van der Waals surface area contributed by atoms with Crippen molar-refractivity contribution in [2.45, 2.75) is 284 Å². The van der Waals surface area contributed by atoms with Crippen LogP contribution in [0, 0.1) is 0 Å². The number of ether oxygens (including phenoxy) is 3. The number of rotatable bonds is 54. The minimum atomic E-state index is -0.815. The molecule has 416 valence electrons. The topological polar surface area (TPSA) is 78.9 Å². The fraction of sp³-hybridized carbons (Fsp3) is 0.687. The number of hydrogen-bond acceptors (Lipinski definition) is 6. The first-order valence-electron chi connectivity index (χ1n) is 30.4. The van der Waals surface area contributed by atoms with Gasteiger partial charge in [-0.15, -0.1) is 0 Å². The van der Waals surface area contributed by atoms with Crippen molar-refractivity contribution < 1.29 is 28.6 Å². The van der Waals surface area contributed by atoms with Crippen LogP contribution < -0.4 is 0 Å². The Morgan fingerprint density at radius 1 is 0.288 bits per heavy atom. The zero-order valence-corrected chi connectivity index (χ0v) is 47.6. The van der Waals surface area contributed by atoms with E-state index in [1.165, 1.54) is 148 Å². The molecule has 6 nitrogen and oxygen atoms in total. The van der Waals surface area contributed by atoms with Gasteiger partial charge in [0, 0.05) is 19.3 Å². The van der Waals surface area contributed by atoms with E-state index in [1.54, 1.807) is 0 Å². The lowest BCUT2D eigenvalue weighted by Gasteiger charge is -2.18. The van der Waals surface area contributed by atoms with E-state index in [4.69, 9.17) is 14.2 Å². The van der Waals surface area contributed by atoms with Crippen molar-refractivity contribution in [1.29, 1.82) is 0 Å². The SMILES string of the molecule is CC/C=C\C/C=C\C/C=C\C/C=C\C/C=C\C/C=C\CCC(=O)OC[C@H](COC(=O)CCCCCCCCC/C=C\CCCCCCCC)OC(=O)CCCCCCCCCCC/C=C\C/C=C\CCCCC. The molecule has 0 amide bonds. The summed E-state index contributed by atoms with van der Waals surface area (Å²) < 4.78 is 16.8. The summed E-state index contributed by atoms with van der Waals surface area (Å²) in [7, 11) is 0. The van der Waals surface area contributed by atoms with E-state index in [0.717, 1.165) is 83.5 Å². The molecule has 0 bridgehead atoms. The maximum absolute atomic E-state index is 12.9. The highest BCUT2D eigenvalue weighted by Crippen LogP contribution is 2.15. The molecule has 0 heterocycles. The van der Waals surface area contributed by atoms with Crippen LogP contribution in [0.5, 0.6) is 0 Å². The van der Waals surface area contributed by atoms with Gasteiger partial charge in [0.2, 0.25) is 0 Å². The molecule has 0 aromatic carbocycles. The molecule has 0 aromatic heterocycles. The van der Waals surface area contributed by atoms with Gasteiger partial charge in [0.25, 0.3) is 0 Å². The van der Waals surface area contributed by atoms with E-state index in [2.05, 4.69) is 124 Å². The molecule has 0 spiro atoms. The summed E-state index contributed by atoms with van der Waals surface area (Å²) in [5.41, 5.74) is 0. The Morgan fingerprint density at radius 2 is 0.562 bits per heavy atom. The normalized spacial score (nSPS) is 12.9. The molecular formula is C67H112O6. The molecule has 0 aliphatic rings. The van der Waals surface area contributed by atoms with Crippen LogP contribution in [0.3, 0.4) is 0 Å². The standard InChI is InChI=1S/C67H112O6/c1-4-7-10-13-16-19-22-25-28-31-33-36-39-42-45-48-51-54-57-60-66(69)72-63-64(62-71-65(68)59-56-53-50-47-44-41-38-35-30-27-24-21-18-15-12-9-6-3)73-67(70)61-58-55-52-49-46-43-40-37-34-32-29-26-23-20-17-14-11-8-5-2/h7,10,16-17,19-20,25-30,33,36,42,45,51,54,64H,4-6,8-9,11-15,18,21-24,31-32,34-35,37-41,43-44,46-50,52-53,55-63H2,1-3H3/b10-7-,19-16-,20-17-,28-25-,29-26-,30-27-,36-33-,45-42-,54-51-/t64-/m0/s1. The number of carbonyl (C=O) groups excluding carboxylic acids is 3. The third-order valence-corrected chi connectivity index (χ3v) is 12.7. The van der Waals surface area contributed by atoms with E-state index in [0.29, 0.717) is 19.3 Å². The molecule has 0 aliphatic heterocycles. The summed E-state index contributed by atoms with van der Waals surface area (Å²) in [6, 6.07) is 0. The van der Waals surface area contributed by atoms with E-state index < -0.39 is 6.10 Å². The number of allylic oxidation sites excluding steroid dienone is 18. The summed E-state index contributed by atoms with van der Waals surface area (Å²) in [5.74, 6) is -0.998. The average molecular weight is 1010 g/mol. The quantitative estimate of drug-likeness (QED) is 0.0261. The maximum Gasteiger partial charge on any atom is 0.306 e. The zero-order valence-electron chi connectivity index (χ0n) is 47.6. The third-order valence-electron chi connectivity index (χ3n) is 12.7. The molecule has 73 heavy (non-hydrogen) atoms. The Morgan fingerprint density at radius 3 is 0.959 bits per heavy atom. The van der Waals surface area contributed by atoms with Gasteiger partial charge in [0.15, 0.2) is 6.10 Å². The van der Waals surface area contributed by atoms with Crippen LogP contribution in [-0.2, 0) is 28.6 Å². The highest BCUT2D eigenvalue weighted by Gasteiger charge is 2.19. The van der Waals surface area contributed by atoms with Crippen LogP contribution in [-0.4, -0.2) is 37.2 Å². The van der Waals surface area contributed by atoms with Gasteiger partial charge in [-0.05, 0) is 116 Å². The van der Waals surface area contributed by atoms with Gasteiger partial charge in [-0.3, -0.25) is 14.4 Å². The summed E-state index contributed by atoms with van der Waals surface area (Å²) in [6.45, 7) is 6.44. The van der Waals surface area contributed by atoms with Crippen LogP contribution in [0.2, 0.25) is 0 Å². The van der Waals surface area contributed by atoms with Crippen LogP contribution in [0.15, 0.2) is 109 Å². The number of unbranched alkanes of at least 4 members (excludes halogenated alkanes) is 25. The maximum atomic E-state index is 12.9. The first kappa shape index (κ1) is 69.1. The second kappa shape index (κ2) is 60.6. The molecule has 0 radical (unpaired) electrons. The van der Waals surface area contributed by atoms with Crippen LogP contribution >= 0.6 is 0 Å². The van der Waals surface area contributed by atoms with E-state index >= 15 is 0 Å². The fourth-order valence-electron chi connectivity index (χ4n) is 8.20. The summed E-state index contributed by atoms with van der Waals surface area (Å²) in [5, 5.41) is 0. The summed E-state index contributed by atoms with van der Waals surface area (Å²) in [6.07, 6.45) is 82.3. The lowest BCUT2D eigenvalue weighted by atomic mass is 10.1. The Hall–Kier alpha value is -3.93. The number of carbonyl (C=O) groups is 3. The average Bonchev–Trinajstić information content (AvgIpc) is 3.39. The molecule has 6 heteroatoms. The first-order valence-corrected chi connectivity index (χ1v) is 30.4. The van der Waals surface area contributed by atoms with Crippen molar-refractivity contribution in [3.05, 3.63) is 109 Å². The van der Waals surface area contributed by atoms with Crippen molar-refractivity contribution in [2.24, 2.45) is 0 Å². The molecule has 0 saturated heterocycles. The van der Waals surface area contributed by atoms with Crippen LogP contribution in [0.1, 0.15) is 278 Å². The summed E-state index contributed by atoms with van der Waals surface area (Å²) >= 11 is 0. The Bertz CT molecular complexity index is 1490. The first-order chi connectivity index (χ1) is 36.0. The Kier molecular flexibility index (Phi) is 57.4. The molecule has 0 aliphatic carbocycles. The van der Waals surface area contributed by atoms with Gasteiger partial charge >= 0.3 is 17.9 Å². The fourth-order valence-corrected chi connectivity index (χ4v) is 8.20. The van der Waals surface area contributed by atoms with Crippen molar-refractivity contribution in [2.75, 3.05) is 13.2 Å². The molecule has 0 unspecified atom stereocenters. The predicted octanol–water partition coefficient (Wildman–Crippen LogP) is 20.7. The van der Waals surface area contributed by atoms with Crippen LogP contribution in [0.4, 0.5) is 0 Å². The van der Waals surface area contributed by atoms with Gasteiger partial charge in [0.05, 0.1) is 0 Å². The lowest BCUT2D eigenvalue weighted by Crippen LogP contribution is -2.30. The highest BCUT2D eigenvalue weighted by atomic mass is 16.6. The minimum absolute atomic E-state index is 0.106. The second-order valence-corrected chi connectivity index (χ2v) is 19.9. The van der Waals surface area contributed by atoms with Gasteiger partial charge in [-0.2, -0.15) is 0 Å². The molecule has 0 saturated carbocycles. The highest BCUT2D eigenvalue weighted by molar-refractivity contribution is 5.71. The molecule has 0 N–H and O–H groups in total. The molecular weight excluding hydrogens is 901 g/mol. The number of hydrogen-bond donors (Lipinski definition) is 0. The van der Waals surface area contributed by atoms with Gasteiger partial charge < -0.3 is 14.2 Å². The van der Waals surface area contributed by atoms with Crippen molar-refractivity contribution in [3.63, 3.8) is 0 Å².